The number of hydrogen-bond donors (Lipinski definition) is 2. The lowest BCUT2D eigenvalue weighted by Gasteiger charge is -2.20. The van der Waals surface area contributed by atoms with Crippen molar-refractivity contribution in [2.75, 3.05) is 11.1 Å². The molecule has 1 unspecified atom stereocenters. The molecule has 132 valence electrons. The Morgan fingerprint density at radius 3 is 2.58 bits per heavy atom. The highest BCUT2D eigenvalue weighted by atomic mass is 79.9. The van der Waals surface area contributed by atoms with Crippen LogP contribution in [0.4, 0.5) is 21.8 Å². The highest BCUT2D eigenvalue weighted by Gasteiger charge is 2.21. The third kappa shape index (κ3) is 3.77. The molecule has 9 heteroatoms. The molecule has 0 aliphatic rings. The fourth-order valence-corrected chi connectivity index (χ4v) is 2.78. The first-order valence-corrected chi connectivity index (χ1v) is 8.28. The van der Waals surface area contributed by atoms with E-state index in [9.17, 15) is 14.5 Å². The van der Waals surface area contributed by atoms with Crippen molar-refractivity contribution in [1.29, 1.82) is 0 Å². The summed E-state index contributed by atoms with van der Waals surface area (Å²) in [6.45, 7) is 0. The van der Waals surface area contributed by atoms with Crippen molar-refractivity contribution in [3.63, 3.8) is 0 Å². The van der Waals surface area contributed by atoms with Gasteiger partial charge in [0.25, 0.3) is 0 Å². The van der Waals surface area contributed by atoms with E-state index >= 15 is 0 Å². The van der Waals surface area contributed by atoms with Crippen LogP contribution in [0.25, 0.3) is 0 Å². The smallest absolute Gasteiger partial charge is 0.329 e. The van der Waals surface area contributed by atoms with Crippen LogP contribution in [0, 0.1) is 15.9 Å². The minimum atomic E-state index is -0.665. The van der Waals surface area contributed by atoms with Gasteiger partial charge in [-0.3, -0.25) is 10.1 Å². The molecule has 0 radical (unpaired) electrons. The van der Waals surface area contributed by atoms with Gasteiger partial charge in [0.05, 0.1) is 11.0 Å². The molecule has 0 fully saturated rings. The minimum Gasteiger partial charge on any atom is -0.378 e. The molecule has 0 bridgehead atoms. The summed E-state index contributed by atoms with van der Waals surface area (Å²) in [6.07, 6.45) is 1.02. The van der Waals surface area contributed by atoms with Crippen LogP contribution < -0.4 is 11.1 Å². The molecule has 3 aromatic rings. The van der Waals surface area contributed by atoms with Crippen LogP contribution in [0.15, 0.2) is 59.2 Å². The van der Waals surface area contributed by atoms with E-state index in [1.165, 1.54) is 6.07 Å². The maximum absolute atomic E-state index is 14.5. The molecule has 1 heterocycles. The Hall–Kier alpha value is -3.07. The first kappa shape index (κ1) is 17.7. The summed E-state index contributed by atoms with van der Waals surface area (Å²) < 4.78 is 15.1. The molecular formula is C17H13BrFN5O2. The Morgan fingerprint density at radius 1 is 1.23 bits per heavy atom. The van der Waals surface area contributed by atoms with Crippen molar-refractivity contribution in [2.45, 2.75) is 6.04 Å². The molecule has 0 aliphatic heterocycles. The Kier molecular flexibility index (Phi) is 5.08. The topological polar surface area (TPSA) is 107 Å². The second-order valence-electron chi connectivity index (χ2n) is 5.38. The number of halogens is 2. The van der Waals surface area contributed by atoms with E-state index in [2.05, 4.69) is 31.2 Å². The number of nitro groups is 1. The summed E-state index contributed by atoms with van der Waals surface area (Å²) in [7, 11) is 0. The average molecular weight is 418 g/mol. The van der Waals surface area contributed by atoms with Gasteiger partial charge in [-0.15, -0.1) is 0 Å². The van der Waals surface area contributed by atoms with Crippen molar-refractivity contribution in [3.8, 4) is 0 Å². The van der Waals surface area contributed by atoms with Crippen molar-refractivity contribution < 1.29 is 9.31 Å². The molecule has 0 saturated heterocycles. The van der Waals surface area contributed by atoms with Gasteiger partial charge < -0.3 is 11.1 Å². The van der Waals surface area contributed by atoms with Crippen LogP contribution in [-0.2, 0) is 0 Å². The molecule has 0 spiro atoms. The molecule has 1 aromatic heterocycles. The van der Waals surface area contributed by atoms with Gasteiger partial charge in [-0.2, -0.15) is 4.98 Å². The average Bonchev–Trinajstić information content (AvgIpc) is 2.61. The number of hydrogen-bond acceptors (Lipinski definition) is 6. The maximum atomic E-state index is 14.5. The van der Waals surface area contributed by atoms with Crippen molar-refractivity contribution in [2.24, 2.45) is 0 Å². The molecule has 0 amide bonds. The molecule has 3 N–H and O–H groups in total. The highest BCUT2D eigenvalue weighted by molar-refractivity contribution is 9.10. The maximum Gasteiger partial charge on any atom is 0.329 e. The van der Waals surface area contributed by atoms with Gasteiger partial charge >= 0.3 is 5.69 Å². The highest BCUT2D eigenvalue weighted by Crippen LogP contribution is 2.30. The van der Waals surface area contributed by atoms with Crippen LogP contribution in [0.1, 0.15) is 17.2 Å². The van der Waals surface area contributed by atoms with E-state index < -0.39 is 16.8 Å². The molecular weight excluding hydrogens is 405 g/mol. The Bertz CT molecular complexity index is 955. The van der Waals surface area contributed by atoms with E-state index in [4.69, 9.17) is 5.73 Å². The number of rotatable bonds is 5. The number of nitrogens with one attached hydrogen (secondary N) is 1. The molecule has 0 aliphatic carbocycles. The third-order valence-corrected chi connectivity index (χ3v) is 4.17. The van der Waals surface area contributed by atoms with Gasteiger partial charge in [0, 0.05) is 10.0 Å². The summed E-state index contributed by atoms with van der Waals surface area (Å²) in [4.78, 5) is 18.0. The summed E-state index contributed by atoms with van der Waals surface area (Å²) in [6, 6.07) is 13.3. The first-order valence-electron chi connectivity index (χ1n) is 7.49. The monoisotopic (exact) mass is 417 g/mol. The zero-order valence-electron chi connectivity index (χ0n) is 13.3. The van der Waals surface area contributed by atoms with E-state index in [0.29, 0.717) is 10.0 Å². The molecule has 3 rings (SSSR count). The number of nitrogens with two attached hydrogens (primary N) is 1. The third-order valence-electron chi connectivity index (χ3n) is 3.67. The SMILES string of the molecule is Nc1nc(NC(c2ccccc2)c2ccc(Br)cc2F)ncc1[N+](=O)[O-]. The van der Waals surface area contributed by atoms with Crippen LogP contribution in [0.5, 0.6) is 0 Å². The predicted octanol–water partition coefficient (Wildman–Crippen LogP) is 4.07. The lowest BCUT2D eigenvalue weighted by atomic mass is 9.98. The standard InChI is InChI=1S/C17H13BrFN5O2/c18-11-6-7-12(13(19)8-11)15(10-4-2-1-3-5-10)22-17-21-9-14(24(25)26)16(20)23-17/h1-9,15H,(H3,20,21,22,23). The number of benzene rings is 2. The Morgan fingerprint density at radius 2 is 1.96 bits per heavy atom. The lowest BCUT2D eigenvalue weighted by Crippen LogP contribution is -2.16. The minimum absolute atomic E-state index is 0.0595. The first-order chi connectivity index (χ1) is 12.5. The van der Waals surface area contributed by atoms with Gasteiger partial charge in [0.2, 0.25) is 11.8 Å². The number of aromatic nitrogens is 2. The zero-order valence-corrected chi connectivity index (χ0v) is 14.9. The Labute approximate surface area is 156 Å². The van der Waals surface area contributed by atoms with Gasteiger partial charge in [-0.1, -0.05) is 52.3 Å². The van der Waals surface area contributed by atoms with Gasteiger partial charge in [-0.05, 0) is 17.7 Å². The number of nitrogen functional groups attached to an aromatic ring is 1. The fraction of sp³-hybridized carbons (Fsp3) is 0.0588. The molecule has 1 atom stereocenters. The summed E-state index contributed by atoms with van der Waals surface area (Å²) in [5.41, 5.74) is 6.37. The zero-order chi connectivity index (χ0) is 18.7. The quantitative estimate of drug-likeness (QED) is 0.478. The predicted molar refractivity (Wildman–Crippen MR) is 99.1 cm³/mol. The second kappa shape index (κ2) is 7.44. The van der Waals surface area contributed by atoms with E-state index in [1.807, 2.05) is 30.3 Å². The molecule has 0 saturated carbocycles. The van der Waals surface area contributed by atoms with Crippen molar-refractivity contribution in [1.82, 2.24) is 9.97 Å². The molecule has 2 aromatic carbocycles. The molecule has 26 heavy (non-hydrogen) atoms. The molecule has 7 nitrogen and oxygen atoms in total. The van der Waals surface area contributed by atoms with Crippen molar-refractivity contribution >= 4 is 33.4 Å². The van der Waals surface area contributed by atoms with Gasteiger partial charge in [-0.25, -0.2) is 9.37 Å². The number of anilines is 2. The summed E-state index contributed by atoms with van der Waals surface area (Å²) >= 11 is 3.23. The lowest BCUT2D eigenvalue weighted by molar-refractivity contribution is -0.384. The van der Waals surface area contributed by atoms with Gasteiger partial charge in [0.1, 0.15) is 12.0 Å². The van der Waals surface area contributed by atoms with Crippen LogP contribution in [-0.4, -0.2) is 14.9 Å². The fourth-order valence-electron chi connectivity index (χ4n) is 2.45. The largest absolute Gasteiger partial charge is 0.378 e. The van der Waals surface area contributed by atoms with Crippen LogP contribution >= 0.6 is 15.9 Å². The normalized spacial score (nSPS) is 11.8. The van der Waals surface area contributed by atoms with Crippen LogP contribution in [0.2, 0.25) is 0 Å². The van der Waals surface area contributed by atoms with E-state index in [1.54, 1.807) is 12.1 Å². The second-order valence-corrected chi connectivity index (χ2v) is 6.29. The summed E-state index contributed by atoms with van der Waals surface area (Å²) in [5.74, 6) is -0.629. The number of nitrogens with zero attached hydrogens (tertiary/aromatic N) is 3. The van der Waals surface area contributed by atoms with E-state index in [-0.39, 0.29) is 17.5 Å². The van der Waals surface area contributed by atoms with Crippen LogP contribution in [0.3, 0.4) is 0 Å². The Balaban J connectivity index is 2.02. The van der Waals surface area contributed by atoms with Gasteiger partial charge in [0.15, 0.2) is 0 Å². The summed E-state index contributed by atoms with van der Waals surface area (Å²) in [5, 5.41) is 13.8. The van der Waals surface area contributed by atoms with Crippen molar-refractivity contribution in [3.05, 3.63) is 86.3 Å². The van der Waals surface area contributed by atoms with E-state index in [0.717, 1.165) is 11.8 Å².